The van der Waals surface area contributed by atoms with Crippen LogP contribution >= 0.6 is 0 Å². The molecule has 1 aliphatic heterocycles. The number of likely N-dealkylation sites (N-methyl/N-ethyl adjacent to an activating group) is 1. The molecule has 0 radical (unpaired) electrons. The largest absolute Gasteiger partial charge is 0.375 e. The van der Waals surface area contributed by atoms with E-state index in [9.17, 15) is 0 Å². The lowest BCUT2D eigenvalue weighted by molar-refractivity contribution is 0.111. The summed E-state index contributed by atoms with van der Waals surface area (Å²) in [6.45, 7) is 9.45. The minimum atomic E-state index is 0.619. The second-order valence-electron chi connectivity index (χ2n) is 8.48. The molecule has 1 aliphatic rings. The molecule has 1 fully saturated rings. The maximum absolute atomic E-state index is 5.83. The summed E-state index contributed by atoms with van der Waals surface area (Å²) in [5, 5.41) is 7.20. The Morgan fingerprint density at radius 1 is 0.879 bits per heavy atom. The van der Waals surface area contributed by atoms with Crippen molar-refractivity contribution in [3.05, 3.63) is 78.5 Å². The molecule has 6 heteroatoms. The fourth-order valence-corrected chi connectivity index (χ4v) is 4.37. The van der Waals surface area contributed by atoms with Crippen LogP contribution in [0, 0.1) is 0 Å². The summed E-state index contributed by atoms with van der Waals surface area (Å²) in [7, 11) is 0. The number of hydrogen-bond acceptors (Lipinski definition) is 5. The van der Waals surface area contributed by atoms with Gasteiger partial charge in [-0.2, -0.15) is 5.10 Å². The van der Waals surface area contributed by atoms with Gasteiger partial charge in [-0.05, 0) is 29.6 Å². The Bertz CT molecular complexity index is 1180. The highest BCUT2D eigenvalue weighted by molar-refractivity contribution is 5.94. The Balaban J connectivity index is 1.31. The second kappa shape index (κ2) is 10.1. The third-order valence-corrected chi connectivity index (χ3v) is 6.32. The van der Waals surface area contributed by atoms with E-state index in [0.29, 0.717) is 19.8 Å². The lowest BCUT2D eigenvalue weighted by Gasteiger charge is -2.35. The van der Waals surface area contributed by atoms with E-state index < -0.39 is 0 Å². The van der Waals surface area contributed by atoms with Crippen LogP contribution in [0.15, 0.2) is 72.9 Å². The molecule has 0 atom stereocenters. The molecular formula is C27H31N5O. The molecule has 3 heterocycles. The van der Waals surface area contributed by atoms with Crippen LogP contribution in [0.1, 0.15) is 12.5 Å². The first-order valence-electron chi connectivity index (χ1n) is 11.8. The fraction of sp³-hybridized carbons (Fsp3) is 0.333. The second-order valence-corrected chi connectivity index (χ2v) is 8.48. The van der Waals surface area contributed by atoms with Crippen LogP contribution in [-0.2, 0) is 17.9 Å². The van der Waals surface area contributed by atoms with Gasteiger partial charge in [0.2, 0.25) is 0 Å². The third kappa shape index (κ3) is 5.07. The van der Waals surface area contributed by atoms with Crippen LogP contribution in [-0.4, -0.2) is 59.0 Å². The van der Waals surface area contributed by atoms with Gasteiger partial charge in [0.1, 0.15) is 11.5 Å². The normalized spacial score (nSPS) is 14.8. The Labute approximate surface area is 195 Å². The van der Waals surface area contributed by atoms with Crippen LogP contribution in [0.2, 0.25) is 0 Å². The van der Waals surface area contributed by atoms with Crippen molar-refractivity contribution < 1.29 is 4.74 Å². The number of fused-ring (bicyclic) bond motifs is 1. The summed E-state index contributed by atoms with van der Waals surface area (Å²) in [4.78, 5) is 10.0. The van der Waals surface area contributed by atoms with Gasteiger partial charge in [-0.25, -0.2) is 4.98 Å². The van der Waals surface area contributed by atoms with Crippen molar-refractivity contribution in [3.8, 4) is 11.4 Å². The van der Waals surface area contributed by atoms with Crippen molar-refractivity contribution in [1.82, 2.24) is 19.7 Å². The first-order chi connectivity index (χ1) is 16.3. The first-order valence-corrected chi connectivity index (χ1v) is 11.8. The van der Waals surface area contributed by atoms with E-state index in [2.05, 4.69) is 59.2 Å². The number of ether oxygens (including phenoxy) is 1. The van der Waals surface area contributed by atoms with Crippen molar-refractivity contribution in [2.75, 3.05) is 44.2 Å². The predicted molar refractivity (Wildman–Crippen MR) is 133 cm³/mol. The van der Waals surface area contributed by atoms with E-state index in [1.807, 2.05) is 35.1 Å². The van der Waals surface area contributed by atoms with Crippen LogP contribution in [0.25, 0.3) is 22.2 Å². The smallest absolute Gasteiger partial charge is 0.137 e. The molecule has 0 spiro atoms. The summed E-state index contributed by atoms with van der Waals surface area (Å²) in [6.07, 6.45) is 2.01. The standard InChI is InChI=1S/C27H31N5O/c1-2-30-14-16-31(17-15-30)27-24-11-7-6-10-23(24)20-26(28-27)25-12-13-32(29-25)18-19-33-21-22-8-4-3-5-9-22/h3-13,20H,2,14-19,21H2,1H3. The SMILES string of the molecule is CCN1CCN(c2nc(-c3ccn(CCOCc4ccccc4)n3)cc3ccccc23)CC1. The molecule has 0 bridgehead atoms. The van der Waals surface area contributed by atoms with Gasteiger partial charge >= 0.3 is 0 Å². The zero-order valence-electron chi connectivity index (χ0n) is 19.2. The summed E-state index contributed by atoms with van der Waals surface area (Å²) in [5.74, 6) is 1.07. The van der Waals surface area contributed by atoms with E-state index in [4.69, 9.17) is 14.8 Å². The van der Waals surface area contributed by atoms with Crippen molar-refractivity contribution in [3.63, 3.8) is 0 Å². The lowest BCUT2D eigenvalue weighted by Crippen LogP contribution is -2.46. The number of anilines is 1. The minimum Gasteiger partial charge on any atom is -0.375 e. The molecule has 0 saturated carbocycles. The monoisotopic (exact) mass is 441 g/mol. The zero-order chi connectivity index (χ0) is 22.5. The number of pyridine rings is 1. The van der Waals surface area contributed by atoms with E-state index in [-0.39, 0.29) is 0 Å². The summed E-state index contributed by atoms with van der Waals surface area (Å²) < 4.78 is 7.77. The summed E-state index contributed by atoms with van der Waals surface area (Å²) >= 11 is 0. The van der Waals surface area contributed by atoms with Crippen molar-refractivity contribution >= 4 is 16.6 Å². The van der Waals surface area contributed by atoms with Crippen LogP contribution < -0.4 is 4.90 Å². The molecule has 0 unspecified atom stereocenters. The van der Waals surface area contributed by atoms with E-state index in [1.165, 1.54) is 16.3 Å². The maximum atomic E-state index is 5.83. The quantitative estimate of drug-likeness (QED) is 0.378. The van der Waals surface area contributed by atoms with Gasteiger partial charge in [0.05, 0.1) is 25.5 Å². The molecule has 0 amide bonds. The molecule has 0 aliphatic carbocycles. The third-order valence-electron chi connectivity index (χ3n) is 6.32. The van der Waals surface area contributed by atoms with Gasteiger partial charge in [-0.3, -0.25) is 4.68 Å². The van der Waals surface area contributed by atoms with Gasteiger partial charge < -0.3 is 14.5 Å². The predicted octanol–water partition coefficient (Wildman–Crippen LogP) is 4.46. The van der Waals surface area contributed by atoms with Gasteiger partial charge in [0.25, 0.3) is 0 Å². The minimum absolute atomic E-state index is 0.619. The Morgan fingerprint density at radius 2 is 1.67 bits per heavy atom. The molecule has 2 aromatic heterocycles. The molecule has 4 aromatic rings. The molecule has 2 aromatic carbocycles. The Morgan fingerprint density at radius 3 is 2.48 bits per heavy atom. The average molecular weight is 442 g/mol. The highest BCUT2D eigenvalue weighted by Crippen LogP contribution is 2.30. The van der Waals surface area contributed by atoms with E-state index >= 15 is 0 Å². The molecule has 33 heavy (non-hydrogen) atoms. The fourth-order valence-electron chi connectivity index (χ4n) is 4.37. The number of aromatic nitrogens is 3. The van der Waals surface area contributed by atoms with E-state index in [1.54, 1.807) is 0 Å². The Hall–Kier alpha value is -3.22. The molecule has 5 rings (SSSR count). The van der Waals surface area contributed by atoms with Crippen LogP contribution in [0.3, 0.4) is 0 Å². The molecule has 0 N–H and O–H groups in total. The molecular weight excluding hydrogens is 410 g/mol. The maximum Gasteiger partial charge on any atom is 0.137 e. The highest BCUT2D eigenvalue weighted by atomic mass is 16.5. The summed E-state index contributed by atoms with van der Waals surface area (Å²) in [5.41, 5.74) is 3.01. The number of hydrogen-bond donors (Lipinski definition) is 0. The number of nitrogens with zero attached hydrogens (tertiary/aromatic N) is 5. The lowest BCUT2D eigenvalue weighted by atomic mass is 10.1. The highest BCUT2D eigenvalue weighted by Gasteiger charge is 2.20. The van der Waals surface area contributed by atoms with Crippen molar-refractivity contribution in [2.24, 2.45) is 0 Å². The molecule has 170 valence electrons. The van der Waals surface area contributed by atoms with Gasteiger partial charge in [0, 0.05) is 37.8 Å². The van der Waals surface area contributed by atoms with Gasteiger partial charge in [0.15, 0.2) is 0 Å². The van der Waals surface area contributed by atoms with Crippen LogP contribution in [0.5, 0.6) is 0 Å². The number of benzene rings is 2. The summed E-state index contributed by atoms with van der Waals surface area (Å²) in [6, 6.07) is 23.0. The Kier molecular flexibility index (Phi) is 6.65. The number of piperazine rings is 1. The average Bonchev–Trinajstić information content (AvgIpc) is 3.36. The van der Waals surface area contributed by atoms with Crippen molar-refractivity contribution in [1.29, 1.82) is 0 Å². The topological polar surface area (TPSA) is 46.4 Å². The van der Waals surface area contributed by atoms with E-state index in [0.717, 1.165) is 49.9 Å². The molecule has 1 saturated heterocycles. The molecule has 6 nitrogen and oxygen atoms in total. The van der Waals surface area contributed by atoms with Crippen molar-refractivity contribution in [2.45, 2.75) is 20.1 Å². The van der Waals surface area contributed by atoms with Crippen LogP contribution in [0.4, 0.5) is 5.82 Å². The van der Waals surface area contributed by atoms with Gasteiger partial charge in [-0.15, -0.1) is 0 Å². The number of rotatable bonds is 8. The van der Waals surface area contributed by atoms with Gasteiger partial charge in [-0.1, -0.05) is 61.5 Å². The zero-order valence-corrected chi connectivity index (χ0v) is 19.2. The first kappa shape index (κ1) is 21.6.